The number of aryl methyl sites for hydroxylation is 1. The van der Waals surface area contributed by atoms with E-state index in [0.717, 1.165) is 43.5 Å². The van der Waals surface area contributed by atoms with Crippen LogP contribution >= 0.6 is 0 Å². The lowest BCUT2D eigenvalue weighted by atomic mass is 10.0. The van der Waals surface area contributed by atoms with Gasteiger partial charge in [0, 0.05) is 49.7 Å². The van der Waals surface area contributed by atoms with Gasteiger partial charge < -0.3 is 15.1 Å². The lowest BCUT2D eigenvalue weighted by Crippen LogP contribution is -2.53. The summed E-state index contributed by atoms with van der Waals surface area (Å²) in [5.41, 5.74) is 3.49. The molecule has 1 N–H and O–H groups in total. The first kappa shape index (κ1) is 22.7. The van der Waals surface area contributed by atoms with E-state index in [4.69, 9.17) is 0 Å². The molecule has 2 fully saturated rings. The van der Waals surface area contributed by atoms with E-state index in [9.17, 15) is 8.78 Å². The van der Waals surface area contributed by atoms with E-state index >= 15 is 0 Å². The Morgan fingerprint density at radius 3 is 2.26 bits per heavy atom. The maximum Gasteiger partial charge on any atom is 0.246 e. The molecule has 0 saturated carbocycles. The first-order chi connectivity index (χ1) is 16.4. The number of nitrogens with one attached hydrogen (secondary N) is 1. The first-order valence-electron chi connectivity index (χ1n) is 11.9. The second kappa shape index (κ2) is 9.68. The molecule has 180 valence electrons. The second-order valence-corrected chi connectivity index (χ2v) is 9.38. The first-order valence-corrected chi connectivity index (χ1v) is 11.9. The molecule has 0 unspecified atom stereocenters. The van der Waals surface area contributed by atoms with Crippen LogP contribution in [-0.2, 0) is 0 Å². The van der Waals surface area contributed by atoms with Crippen molar-refractivity contribution < 1.29 is 8.78 Å². The summed E-state index contributed by atoms with van der Waals surface area (Å²) in [5, 5.41) is 7.57. The minimum Gasteiger partial charge on any atom is -0.369 e. The van der Waals surface area contributed by atoms with Crippen molar-refractivity contribution in [1.82, 2.24) is 24.6 Å². The third kappa shape index (κ3) is 5.20. The number of aromatic nitrogens is 3. The lowest BCUT2D eigenvalue weighted by Gasteiger charge is -2.43. The predicted octanol–water partition coefficient (Wildman–Crippen LogP) is 3.81. The van der Waals surface area contributed by atoms with Crippen molar-refractivity contribution in [2.45, 2.75) is 25.8 Å². The summed E-state index contributed by atoms with van der Waals surface area (Å²) in [7, 11) is 2.21. The Bertz CT molecular complexity index is 1110. The highest BCUT2D eigenvalue weighted by atomic mass is 19.1. The number of anilines is 3. The molecule has 0 atom stereocenters. The Kier molecular flexibility index (Phi) is 6.47. The molecule has 0 spiro atoms. The molecule has 0 amide bonds. The smallest absolute Gasteiger partial charge is 0.246 e. The van der Waals surface area contributed by atoms with E-state index in [1.165, 1.54) is 54.8 Å². The third-order valence-corrected chi connectivity index (χ3v) is 6.81. The van der Waals surface area contributed by atoms with Crippen LogP contribution < -0.4 is 10.2 Å². The highest BCUT2D eigenvalue weighted by Gasteiger charge is 2.26. The van der Waals surface area contributed by atoms with Crippen LogP contribution in [0.5, 0.6) is 0 Å². The molecule has 5 rings (SSSR count). The molecule has 2 aromatic carbocycles. The van der Waals surface area contributed by atoms with Crippen LogP contribution in [-0.4, -0.2) is 76.9 Å². The van der Waals surface area contributed by atoms with Crippen molar-refractivity contribution in [2.24, 2.45) is 0 Å². The van der Waals surface area contributed by atoms with E-state index in [-0.39, 0.29) is 5.69 Å². The van der Waals surface area contributed by atoms with Crippen molar-refractivity contribution in [3.05, 3.63) is 59.9 Å². The summed E-state index contributed by atoms with van der Waals surface area (Å²) in [6.45, 7) is 8.64. The van der Waals surface area contributed by atoms with Crippen LogP contribution in [0.2, 0.25) is 0 Å². The van der Waals surface area contributed by atoms with E-state index in [2.05, 4.69) is 56.2 Å². The van der Waals surface area contributed by atoms with Crippen molar-refractivity contribution >= 4 is 17.3 Å². The zero-order chi connectivity index (χ0) is 23.7. The normalized spacial score (nSPS) is 18.4. The predicted molar refractivity (Wildman–Crippen MR) is 130 cm³/mol. The van der Waals surface area contributed by atoms with Crippen LogP contribution in [0.25, 0.3) is 5.69 Å². The topological polar surface area (TPSA) is 52.5 Å². The molecular weight excluding hydrogens is 436 g/mol. The molecule has 2 aliphatic heterocycles. The van der Waals surface area contributed by atoms with Crippen molar-refractivity contribution in [3.63, 3.8) is 0 Å². The van der Waals surface area contributed by atoms with Crippen LogP contribution in [0.3, 0.4) is 0 Å². The van der Waals surface area contributed by atoms with E-state index in [1.54, 1.807) is 0 Å². The summed E-state index contributed by atoms with van der Waals surface area (Å²) in [5.74, 6) is -0.938. The average Bonchev–Trinajstić information content (AvgIpc) is 3.27. The number of piperidine rings is 1. The number of hydrogen-bond donors (Lipinski definition) is 1. The maximum atomic E-state index is 13.6. The van der Waals surface area contributed by atoms with Gasteiger partial charge in [-0.05, 0) is 75.8 Å². The van der Waals surface area contributed by atoms with Gasteiger partial charge in [-0.15, -0.1) is 5.10 Å². The largest absolute Gasteiger partial charge is 0.369 e. The number of benzene rings is 2. The molecule has 3 heterocycles. The molecular formula is C25H31F2N7. The Labute approximate surface area is 199 Å². The van der Waals surface area contributed by atoms with Gasteiger partial charge in [0.05, 0.1) is 5.69 Å². The molecule has 2 aliphatic rings. The van der Waals surface area contributed by atoms with Gasteiger partial charge in [0.15, 0.2) is 0 Å². The molecule has 0 aliphatic carbocycles. The van der Waals surface area contributed by atoms with E-state index in [0.29, 0.717) is 12.0 Å². The average molecular weight is 468 g/mol. The summed E-state index contributed by atoms with van der Waals surface area (Å²) >= 11 is 0. The number of nitrogens with zero attached hydrogens (tertiary/aromatic N) is 6. The fraction of sp³-hybridized carbons (Fsp3) is 0.440. The highest BCUT2D eigenvalue weighted by Crippen LogP contribution is 2.26. The number of hydrogen-bond acceptors (Lipinski definition) is 6. The van der Waals surface area contributed by atoms with Crippen molar-refractivity contribution in [2.75, 3.05) is 56.5 Å². The zero-order valence-corrected chi connectivity index (χ0v) is 19.7. The molecule has 0 bridgehead atoms. The molecule has 34 heavy (non-hydrogen) atoms. The zero-order valence-electron chi connectivity index (χ0n) is 19.7. The van der Waals surface area contributed by atoms with Gasteiger partial charge in [-0.25, -0.2) is 13.5 Å². The third-order valence-electron chi connectivity index (χ3n) is 6.81. The lowest BCUT2D eigenvalue weighted by molar-refractivity contribution is 0.115. The molecule has 1 aromatic heterocycles. The number of likely N-dealkylation sites (tertiary alicyclic amines) is 1. The van der Waals surface area contributed by atoms with Crippen LogP contribution in [0.15, 0.2) is 42.7 Å². The Morgan fingerprint density at radius 1 is 0.853 bits per heavy atom. The molecule has 2 saturated heterocycles. The standard InChI is InChI=1S/C25H31F2N7/c1-18-11-21(29-25-28-17-34(30-25)24-14-19(26)13-20(27)15-24)16-23(12-18)33-9-7-32(8-10-33)22-3-5-31(2)6-4-22/h11-17,22H,3-10H2,1-2H3,(H,29,30). The number of halogens is 2. The van der Waals surface area contributed by atoms with Gasteiger partial charge >= 0.3 is 0 Å². The molecule has 0 radical (unpaired) electrons. The Morgan fingerprint density at radius 2 is 1.56 bits per heavy atom. The molecule has 9 heteroatoms. The fourth-order valence-corrected chi connectivity index (χ4v) is 4.97. The van der Waals surface area contributed by atoms with Gasteiger partial charge in [0.1, 0.15) is 18.0 Å². The fourth-order valence-electron chi connectivity index (χ4n) is 4.97. The molecule has 7 nitrogen and oxygen atoms in total. The van der Waals surface area contributed by atoms with Crippen LogP contribution in [0.4, 0.5) is 26.1 Å². The van der Waals surface area contributed by atoms with Crippen molar-refractivity contribution in [1.29, 1.82) is 0 Å². The maximum absolute atomic E-state index is 13.6. The summed E-state index contributed by atoms with van der Waals surface area (Å²) in [6, 6.07) is 10.3. The molecule has 3 aromatic rings. The Hall–Kier alpha value is -3.04. The minimum atomic E-state index is -0.653. The van der Waals surface area contributed by atoms with Crippen LogP contribution in [0.1, 0.15) is 18.4 Å². The SMILES string of the molecule is Cc1cc(Nc2ncn(-c3cc(F)cc(F)c3)n2)cc(N2CCN(C3CCN(C)CC3)CC2)c1. The number of piperazine rings is 1. The number of rotatable bonds is 5. The van der Waals surface area contributed by atoms with E-state index < -0.39 is 11.6 Å². The highest BCUT2D eigenvalue weighted by molar-refractivity contribution is 5.64. The quantitative estimate of drug-likeness (QED) is 0.616. The Balaban J connectivity index is 1.25. The van der Waals surface area contributed by atoms with E-state index in [1.807, 2.05) is 6.07 Å². The monoisotopic (exact) mass is 467 g/mol. The van der Waals surface area contributed by atoms with Gasteiger partial charge in [0.2, 0.25) is 5.95 Å². The van der Waals surface area contributed by atoms with Crippen molar-refractivity contribution in [3.8, 4) is 5.69 Å². The van der Waals surface area contributed by atoms with Gasteiger partial charge in [-0.3, -0.25) is 4.90 Å². The summed E-state index contributed by atoms with van der Waals surface area (Å²) < 4.78 is 28.5. The summed E-state index contributed by atoms with van der Waals surface area (Å²) in [6.07, 6.45) is 3.96. The van der Waals surface area contributed by atoms with Gasteiger partial charge in [-0.1, -0.05) is 0 Å². The van der Waals surface area contributed by atoms with Crippen LogP contribution in [0, 0.1) is 18.6 Å². The van der Waals surface area contributed by atoms with Gasteiger partial charge in [-0.2, -0.15) is 4.98 Å². The van der Waals surface area contributed by atoms with Gasteiger partial charge in [0.25, 0.3) is 0 Å². The minimum absolute atomic E-state index is 0.283. The summed E-state index contributed by atoms with van der Waals surface area (Å²) in [4.78, 5) is 11.8. The second-order valence-electron chi connectivity index (χ2n) is 9.38.